The zero-order chi connectivity index (χ0) is 19.5. The molecule has 1 heterocycles. The van der Waals surface area contributed by atoms with Crippen molar-refractivity contribution >= 4 is 28.0 Å². The maximum absolute atomic E-state index is 11.1. The van der Waals surface area contributed by atoms with E-state index in [4.69, 9.17) is 4.74 Å². The van der Waals surface area contributed by atoms with E-state index >= 15 is 0 Å². The van der Waals surface area contributed by atoms with Gasteiger partial charge in [0.25, 0.3) is 0 Å². The number of amides is 1. The van der Waals surface area contributed by atoms with Crippen LogP contribution < -0.4 is 10.1 Å². The largest absolute Gasteiger partial charge is 0.484 e. The van der Waals surface area contributed by atoms with Gasteiger partial charge >= 0.3 is 0 Å². The highest BCUT2D eigenvalue weighted by atomic mass is 32.1. The summed E-state index contributed by atoms with van der Waals surface area (Å²) in [4.78, 5) is 12.3. The Morgan fingerprint density at radius 3 is 2.44 bits per heavy atom. The van der Waals surface area contributed by atoms with Crippen LogP contribution >= 0.6 is 11.3 Å². The molecule has 1 amide bonds. The lowest BCUT2D eigenvalue weighted by Gasteiger charge is -2.19. The van der Waals surface area contributed by atoms with E-state index in [0.29, 0.717) is 6.54 Å². The Morgan fingerprint density at radius 1 is 1.04 bits per heavy atom. The molecule has 3 rings (SSSR count). The fourth-order valence-corrected chi connectivity index (χ4v) is 3.35. The standard InChI is InChI=1S/C19H19NO2S.C4H10/c1-14(21)20-12-11-18(19-10-5-13-23-19)22-17-9-4-7-15-6-2-3-8-16(15)17;1-3-4-2/h2-10,13,18H,11-12H2,1H3,(H,20,21);3-4H2,1-2H3/t18-;/m0./s1. The molecule has 0 fully saturated rings. The predicted molar refractivity (Wildman–Crippen MR) is 116 cm³/mol. The third-order valence-electron chi connectivity index (χ3n) is 4.16. The van der Waals surface area contributed by atoms with Crippen molar-refractivity contribution < 1.29 is 9.53 Å². The number of fused-ring (bicyclic) bond motifs is 1. The molecular weight excluding hydrogens is 354 g/mol. The molecule has 0 aliphatic rings. The van der Waals surface area contributed by atoms with Crippen LogP contribution in [-0.4, -0.2) is 12.5 Å². The molecule has 144 valence electrons. The van der Waals surface area contributed by atoms with Crippen molar-refractivity contribution in [3.63, 3.8) is 0 Å². The van der Waals surface area contributed by atoms with Crippen molar-refractivity contribution in [1.82, 2.24) is 5.32 Å². The Bertz CT molecular complexity index is 807. The first-order valence-electron chi connectivity index (χ1n) is 9.58. The zero-order valence-electron chi connectivity index (χ0n) is 16.4. The molecule has 0 unspecified atom stereocenters. The van der Waals surface area contributed by atoms with Gasteiger partial charge in [-0.05, 0) is 22.9 Å². The fraction of sp³-hybridized carbons (Fsp3) is 0.348. The highest BCUT2D eigenvalue weighted by Gasteiger charge is 2.16. The Balaban J connectivity index is 0.000000596. The Morgan fingerprint density at radius 2 is 1.78 bits per heavy atom. The van der Waals surface area contributed by atoms with Crippen molar-refractivity contribution in [3.8, 4) is 5.75 Å². The van der Waals surface area contributed by atoms with Gasteiger partial charge in [0.05, 0.1) is 0 Å². The average Bonchev–Trinajstić information content (AvgIpc) is 3.22. The summed E-state index contributed by atoms with van der Waals surface area (Å²) in [5, 5.41) is 7.17. The van der Waals surface area contributed by atoms with Crippen LogP contribution in [0.4, 0.5) is 0 Å². The van der Waals surface area contributed by atoms with Crippen LogP contribution in [0.3, 0.4) is 0 Å². The molecule has 0 aliphatic heterocycles. The van der Waals surface area contributed by atoms with E-state index in [1.807, 2.05) is 35.7 Å². The summed E-state index contributed by atoms with van der Waals surface area (Å²) in [5.41, 5.74) is 0. The van der Waals surface area contributed by atoms with Crippen molar-refractivity contribution in [2.75, 3.05) is 6.54 Å². The van der Waals surface area contributed by atoms with Crippen molar-refractivity contribution in [1.29, 1.82) is 0 Å². The third kappa shape index (κ3) is 6.72. The van der Waals surface area contributed by atoms with E-state index < -0.39 is 0 Å². The first kappa shape index (κ1) is 21.0. The van der Waals surface area contributed by atoms with Gasteiger partial charge in [0, 0.05) is 30.2 Å². The van der Waals surface area contributed by atoms with Crippen LogP contribution in [0.2, 0.25) is 0 Å². The summed E-state index contributed by atoms with van der Waals surface area (Å²) in [7, 11) is 0. The van der Waals surface area contributed by atoms with Gasteiger partial charge < -0.3 is 10.1 Å². The lowest BCUT2D eigenvalue weighted by Crippen LogP contribution is -2.23. The molecule has 3 aromatic rings. The smallest absolute Gasteiger partial charge is 0.216 e. The molecule has 0 bridgehead atoms. The molecule has 0 radical (unpaired) electrons. The molecule has 27 heavy (non-hydrogen) atoms. The highest BCUT2D eigenvalue weighted by molar-refractivity contribution is 7.10. The van der Waals surface area contributed by atoms with Gasteiger partial charge in [-0.1, -0.05) is 69.2 Å². The van der Waals surface area contributed by atoms with E-state index in [1.165, 1.54) is 24.6 Å². The number of rotatable bonds is 7. The van der Waals surface area contributed by atoms with E-state index in [0.717, 1.165) is 22.9 Å². The van der Waals surface area contributed by atoms with Gasteiger partial charge in [-0.2, -0.15) is 0 Å². The minimum Gasteiger partial charge on any atom is -0.484 e. The molecular formula is C23H29NO2S. The van der Waals surface area contributed by atoms with Crippen LogP contribution in [0.5, 0.6) is 5.75 Å². The first-order valence-corrected chi connectivity index (χ1v) is 10.5. The second-order valence-electron chi connectivity index (χ2n) is 6.37. The molecule has 0 aliphatic carbocycles. The number of thiophene rings is 1. The second-order valence-corrected chi connectivity index (χ2v) is 7.35. The molecule has 1 aromatic heterocycles. The van der Waals surface area contributed by atoms with Crippen LogP contribution in [-0.2, 0) is 4.79 Å². The van der Waals surface area contributed by atoms with Crippen LogP contribution in [0.15, 0.2) is 60.0 Å². The summed E-state index contributed by atoms with van der Waals surface area (Å²) < 4.78 is 6.31. The van der Waals surface area contributed by atoms with E-state index in [1.54, 1.807) is 11.3 Å². The van der Waals surface area contributed by atoms with Gasteiger partial charge in [0.15, 0.2) is 0 Å². The molecule has 1 N–H and O–H groups in total. The second kappa shape index (κ2) is 11.4. The maximum atomic E-state index is 11.1. The summed E-state index contributed by atoms with van der Waals surface area (Å²) in [6, 6.07) is 18.4. The Hall–Kier alpha value is -2.33. The number of hydrogen-bond donors (Lipinski definition) is 1. The Labute approximate surface area is 166 Å². The van der Waals surface area contributed by atoms with Crippen LogP contribution in [0.1, 0.15) is 51.0 Å². The lowest BCUT2D eigenvalue weighted by atomic mass is 10.1. The van der Waals surface area contributed by atoms with E-state index in [-0.39, 0.29) is 12.0 Å². The van der Waals surface area contributed by atoms with E-state index in [9.17, 15) is 4.79 Å². The van der Waals surface area contributed by atoms with Crippen molar-refractivity contribution in [2.24, 2.45) is 0 Å². The molecule has 0 saturated carbocycles. The maximum Gasteiger partial charge on any atom is 0.216 e. The monoisotopic (exact) mass is 383 g/mol. The first-order chi connectivity index (χ1) is 13.2. The van der Waals surface area contributed by atoms with Gasteiger partial charge in [-0.15, -0.1) is 11.3 Å². The summed E-state index contributed by atoms with van der Waals surface area (Å²) in [6.07, 6.45) is 3.32. The van der Waals surface area contributed by atoms with Crippen molar-refractivity contribution in [3.05, 3.63) is 64.9 Å². The van der Waals surface area contributed by atoms with Gasteiger partial charge in [-0.3, -0.25) is 4.79 Å². The normalized spacial score (nSPS) is 11.4. The molecule has 3 nitrogen and oxygen atoms in total. The fourth-order valence-electron chi connectivity index (χ4n) is 2.56. The summed E-state index contributed by atoms with van der Waals surface area (Å²) >= 11 is 1.68. The zero-order valence-corrected chi connectivity index (χ0v) is 17.2. The van der Waals surface area contributed by atoms with Crippen LogP contribution in [0.25, 0.3) is 10.8 Å². The number of carbonyl (C=O) groups is 1. The number of hydrogen-bond acceptors (Lipinski definition) is 3. The van der Waals surface area contributed by atoms with Gasteiger partial charge in [-0.25, -0.2) is 0 Å². The average molecular weight is 384 g/mol. The molecule has 0 saturated heterocycles. The molecule has 2 aromatic carbocycles. The number of nitrogens with one attached hydrogen (secondary N) is 1. The third-order valence-corrected chi connectivity index (χ3v) is 5.12. The molecule has 0 spiro atoms. The summed E-state index contributed by atoms with van der Waals surface area (Å²) in [6.45, 7) is 6.49. The molecule has 4 heteroatoms. The SMILES string of the molecule is CC(=O)NCC[C@H](Oc1cccc2ccccc12)c1cccs1.CCCC. The lowest BCUT2D eigenvalue weighted by molar-refractivity contribution is -0.119. The number of ether oxygens (including phenoxy) is 1. The Kier molecular flexibility index (Phi) is 8.85. The highest BCUT2D eigenvalue weighted by Crippen LogP contribution is 2.32. The number of benzene rings is 2. The van der Waals surface area contributed by atoms with Gasteiger partial charge in [0.1, 0.15) is 11.9 Å². The van der Waals surface area contributed by atoms with E-state index in [2.05, 4.69) is 43.4 Å². The molecule has 1 atom stereocenters. The minimum atomic E-state index is -0.0624. The van der Waals surface area contributed by atoms with Crippen LogP contribution in [0, 0.1) is 0 Å². The number of carbonyl (C=O) groups excluding carboxylic acids is 1. The summed E-state index contributed by atoms with van der Waals surface area (Å²) in [5.74, 6) is 0.865. The van der Waals surface area contributed by atoms with Crippen molar-refractivity contribution in [2.45, 2.75) is 46.1 Å². The quantitative estimate of drug-likeness (QED) is 0.516. The topological polar surface area (TPSA) is 38.3 Å². The minimum absolute atomic E-state index is 0.0138. The number of unbranched alkanes of at least 4 members (excludes halogenated alkanes) is 1. The van der Waals surface area contributed by atoms with Gasteiger partial charge in [0.2, 0.25) is 5.91 Å². The predicted octanol–water partition coefficient (Wildman–Crippen LogP) is 6.35.